The standard InChI is InChI=1S/C23H41NO5SSi/c1-7-28-22(25)20(30(26,27)21-17-13-14-18-24-21)16-12-10-8-9-11-15-19-29-31(5,6)23(2,3)4/h13-14,17-18,20H,7-12,15-16,19H2,1-6H3. The Morgan fingerprint density at radius 3 is 2.23 bits per heavy atom. The molecule has 0 spiro atoms. The van der Waals surface area contributed by atoms with Crippen LogP contribution in [0.4, 0.5) is 0 Å². The summed E-state index contributed by atoms with van der Waals surface area (Å²) in [5.74, 6) is -0.684. The maximum atomic E-state index is 12.9. The summed E-state index contributed by atoms with van der Waals surface area (Å²) in [5.41, 5.74) is 0. The third-order valence-electron chi connectivity index (χ3n) is 5.98. The van der Waals surface area contributed by atoms with Crippen molar-refractivity contribution in [2.75, 3.05) is 13.2 Å². The van der Waals surface area contributed by atoms with Crippen LogP contribution in [0.5, 0.6) is 0 Å². The molecule has 1 unspecified atom stereocenters. The van der Waals surface area contributed by atoms with E-state index in [0.29, 0.717) is 6.42 Å². The fraction of sp³-hybridized carbons (Fsp3) is 0.739. The zero-order valence-electron chi connectivity index (χ0n) is 20.1. The number of aromatic nitrogens is 1. The third kappa shape index (κ3) is 9.02. The Morgan fingerprint density at radius 1 is 1.06 bits per heavy atom. The molecule has 0 amide bonds. The van der Waals surface area contributed by atoms with E-state index in [9.17, 15) is 13.2 Å². The molecule has 0 aliphatic rings. The van der Waals surface area contributed by atoms with Crippen LogP contribution in [0.2, 0.25) is 18.1 Å². The Kier molecular flexibility index (Phi) is 11.4. The van der Waals surface area contributed by atoms with Crippen molar-refractivity contribution in [1.29, 1.82) is 0 Å². The van der Waals surface area contributed by atoms with Gasteiger partial charge in [-0.05, 0) is 50.0 Å². The molecule has 0 radical (unpaired) electrons. The van der Waals surface area contributed by atoms with Gasteiger partial charge in [-0.15, -0.1) is 0 Å². The van der Waals surface area contributed by atoms with Gasteiger partial charge < -0.3 is 9.16 Å². The largest absolute Gasteiger partial charge is 0.465 e. The van der Waals surface area contributed by atoms with Gasteiger partial charge in [0.05, 0.1) is 6.61 Å². The van der Waals surface area contributed by atoms with Gasteiger partial charge in [-0.25, -0.2) is 13.4 Å². The molecule has 0 bridgehead atoms. The number of carbonyl (C=O) groups is 1. The lowest BCUT2D eigenvalue weighted by Gasteiger charge is -2.36. The smallest absolute Gasteiger partial charge is 0.324 e. The molecule has 0 saturated carbocycles. The lowest BCUT2D eigenvalue weighted by atomic mass is 10.1. The summed E-state index contributed by atoms with van der Waals surface area (Å²) in [6, 6.07) is 4.68. The van der Waals surface area contributed by atoms with Gasteiger partial charge in [0, 0.05) is 12.8 Å². The second-order valence-corrected chi connectivity index (χ2v) is 16.4. The molecule has 8 heteroatoms. The SMILES string of the molecule is CCOC(=O)C(CCCCCCCCO[Si](C)(C)C(C)(C)C)S(=O)(=O)c1ccccn1. The van der Waals surface area contributed by atoms with Crippen molar-refractivity contribution >= 4 is 24.1 Å². The van der Waals surface area contributed by atoms with Crippen molar-refractivity contribution in [1.82, 2.24) is 4.98 Å². The van der Waals surface area contributed by atoms with E-state index in [0.717, 1.165) is 38.7 Å². The van der Waals surface area contributed by atoms with Crippen molar-refractivity contribution in [2.24, 2.45) is 0 Å². The van der Waals surface area contributed by atoms with Crippen molar-refractivity contribution in [3.8, 4) is 0 Å². The molecule has 0 aromatic carbocycles. The number of esters is 1. The van der Waals surface area contributed by atoms with Crippen LogP contribution in [-0.2, 0) is 23.8 Å². The van der Waals surface area contributed by atoms with Crippen LogP contribution in [0, 0.1) is 0 Å². The lowest BCUT2D eigenvalue weighted by Crippen LogP contribution is -2.40. The minimum Gasteiger partial charge on any atom is -0.465 e. The molecule has 0 saturated heterocycles. The monoisotopic (exact) mass is 471 g/mol. The first kappa shape index (κ1) is 27.8. The third-order valence-corrected chi connectivity index (χ3v) is 12.5. The predicted octanol–water partition coefficient (Wildman–Crippen LogP) is 5.54. The van der Waals surface area contributed by atoms with E-state index < -0.39 is 29.4 Å². The first-order chi connectivity index (χ1) is 14.4. The number of pyridine rings is 1. The average Bonchev–Trinajstić information content (AvgIpc) is 2.69. The topological polar surface area (TPSA) is 82.6 Å². The number of ether oxygens (including phenoxy) is 1. The van der Waals surface area contributed by atoms with E-state index in [4.69, 9.17) is 9.16 Å². The van der Waals surface area contributed by atoms with Crippen molar-refractivity contribution < 1.29 is 22.4 Å². The number of unbranched alkanes of at least 4 members (excludes halogenated alkanes) is 5. The van der Waals surface area contributed by atoms with E-state index in [-0.39, 0.29) is 23.1 Å². The first-order valence-corrected chi connectivity index (χ1v) is 15.8. The van der Waals surface area contributed by atoms with Crippen LogP contribution in [0.25, 0.3) is 0 Å². The minimum atomic E-state index is -3.85. The van der Waals surface area contributed by atoms with E-state index in [1.165, 1.54) is 12.3 Å². The van der Waals surface area contributed by atoms with Crippen LogP contribution in [-0.4, -0.2) is 46.2 Å². The highest BCUT2D eigenvalue weighted by atomic mass is 32.2. The van der Waals surface area contributed by atoms with E-state index in [1.54, 1.807) is 19.1 Å². The van der Waals surface area contributed by atoms with Crippen molar-refractivity contribution in [3.63, 3.8) is 0 Å². The summed E-state index contributed by atoms with van der Waals surface area (Å²) in [4.78, 5) is 16.2. The highest BCUT2D eigenvalue weighted by Crippen LogP contribution is 2.36. The number of hydrogen-bond donors (Lipinski definition) is 0. The van der Waals surface area contributed by atoms with Crippen LogP contribution in [0.1, 0.15) is 72.6 Å². The Hall–Kier alpha value is -1.25. The molecule has 178 valence electrons. The van der Waals surface area contributed by atoms with Crippen LogP contribution >= 0.6 is 0 Å². The molecular formula is C23H41NO5SSi. The lowest BCUT2D eigenvalue weighted by molar-refractivity contribution is -0.142. The number of nitrogens with zero attached hydrogens (tertiary/aromatic N) is 1. The molecule has 1 aromatic heterocycles. The Labute approximate surface area is 190 Å². The predicted molar refractivity (Wildman–Crippen MR) is 127 cm³/mol. The molecule has 0 fully saturated rings. The minimum absolute atomic E-state index is 0.0743. The molecule has 1 heterocycles. The molecular weight excluding hydrogens is 430 g/mol. The normalized spacial score (nSPS) is 13.7. The molecule has 1 rings (SSSR count). The average molecular weight is 472 g/mol. The molecule has 31 heavy (non-hydrogen) atoms. The molecule has 1 atom stereocenters. The van der Waals surface area contributed by atoms with Crippen molar-refractivity contribution in [2.45, 2.75) is 101 Å². The van der Waals surface area contributed by atoms with Crippen LogP contribution in [0.3, 0.4) is 0 Å². The second kappa shape index (κ2) is 12.7. The zero-order valence-corrected chi connectivity index (χ0v) is 22.0. The summed E-state index contributed by atoms with van der Waals surface area (Å²) >= 11 is 0. The van der Waals surface area contributed by atoms with Gasteiger partial charge in [0.2, 0.25) is 9.84 Å². The molecule has 0 aliphatic heterocycles. The van der Waals surface area contributed by atoms with Gasteiger partial charge in [0.15, 0.2) is 18.6 Å². The Morgan fingerprint density at radius 2 is 1.68 bits per heavy atom. The summed E-state index contributed by atoms with van der Waals surface area (Å²) in [6.45, 7) is 13.9. The Balaban J connectivity index is 2.41. The molecule has 0 aliphatic carbocycles. The summed E-state index contributed by atoms with van der Waals surface area (Å²) < 4.78 is 37.0. The highest BCUT2D eigenvalue weighted by molar-refractivity contribution is 7.92. The second-order valence-electron chi connectivity index (χ2n) is 9.47. The van der Waals surface area contributed by atoms with E-state index in [1.807, 2.05) is 0 Å². The summed E-state index contributed by atoms with van der Waals surface area (Å²) in [7, 11) is -5.52. The van der Waals surface area contributed by atoms with E-state index in [2.05, 4.69) is 38.8 Å². The fourth-order valence-corrected chi connectivity index (χ4v) is 5.63. The van der Waals surface area contributed by atoms with Gasteiger partial charge in [-0.2, -0.15) is 0 Å². The molecule has 1 aromatic rings. The van der Waals surface area contributed by atoms with Gasteiger partial charge in [0.25, 0.3) is 0 Å². The zero-order chi connectivity index (χ0) is 23.5. The fourth-order valence-electron chi connectivity index (χ4n) is 2.98. The van der Waals surface area contributed by atoms with Gasteiger partial charge in [0.1, 0.15) is 0 Å². The number of carbonyl (C=O) groups excluding carboxylic acids is 1. The van der Waals surface area contributed by atoms with Crippen molar-refractivity contribution in [3.05, 3.63) is 24.4 Å². The van der Waals surface area contributed by atoms with E-state index >= 15 is 0 Å². The number of rotatable bonds is 14. The quantitative estimate of drug-likeness (QED) is 0.201. The maximum absolute atomic E-state index is 12.9. The Bertz CT molecular complexity index is 760. The van der Waals surface area contributed by atoms with Crippen LogP contribution < -0.4 is 0 Å². The number of hydrogen-bond acceptors (Lipinski definition) is 6. The van der Waals surface area contributed by atoms with Gasteiger partial charge in [-0.1, -0.05) is 58.9 Å². The van der Waals surface area contributed by atoms with Gasteiger partial charge in [-0.3, -0.25) is 4.79 Å². The number of sulfone groups is 1. The van der Waals surface area contributed by atoms with Gasteiger partial charge >= 0.3 is 5.97 Å². The first-order valence-electron chi connectivity index (χ1n) is 11.4. The summed E-state index contributed by atoms with van der Waals surface area (Å²) in [6.07, 6.45) is 7.47. The summed E-state index contributed by atoms with van der Waals surface area (Å²) in [5, 5.41) is -1.03. The highest BCUT2D eigenvalue weighted by Gasteiger charge is 2.37. The molecule has 6 nitrogen and oxygen atoms in total. The maximum Gasteiger partial charge on any atom is 0.324 e. The van der Waals surface area contributed by atoms with Crippen LogP contribution in [0.15, 0.2) is 29.4 Å². The molecule has 0 N–H and O–H groups in total.